The number of aliphatic hydroxyl groups excluding tert-OH is 1. The van der Waals surface area contributed by atoms with Crippen molar-refractivity contribution in [1.82, 2.24) is 0 Å². The lowest BCUT2D eigenvalue weighted by Gasteiger charge is -2.08. The SMILES string of the molecule is OC(Cc1ccc(F)c(Cl)c1)c1ccc(Cl)s1. The van der Waals surface area contributed by atoms with Gasteiger partial charge in [0.2, 0.25) is 0 Å². The lowest BCUT2D eigenvalue weighted by molar-refractivity contribution is 0.182. The van der Waals surface area contributed by atoms with E-state index in [9.17, 15) is 9.50 Å². The Kier molecular flexibility index (Phi) is 4.05. The van der Waals surface area contributed by atoms with Gasteiger partial charge in [-0.25, -0.2) is 4.39 Å². The number of rotatable bonds is 3. The van der Waals surface area contributed by atoms with Crippen LogP contribution in [0.2, 0.25) is 9.36 Å². The number of benzene rings is 1. The molecular weight excluding hydrogens is 282 g/mol. The average molecular weight is 291 g/mol. The van der Waals surface area contributed by atoms with Crippen LogP contribution in [-0.4, -0.2) is 5.11 Å². The lowest BCUT2D eigenvalue weighted by Crippen LogP contribution is -1.99. The molecule has 0 aliphatic carbocycles. The first-order valence-corrected chi connectivity index (χ1v) is 6.51. The quantitative estimate of drug-likeness (QED) is 0.884. The molecule has 0 spiro atoms. The van der Waals surface area contributed by atoms with Crippen molar-refractivity contribution < 1.29 is 9.50 Å². The first-order chi connectivity index (χ1) is 8.06. The lowest BCUT2D eigenvalue weighted by atomic mass is 10.1. The van der Waals surface area contributed by atoms with Crippen molar-refractivity contribution in [2.75, 3.05) is 0 Å². The third-order valence-electron chi connectivity index (χ3n) is 2.34. The van der Waals surface area contributed by atoms with Gasteiger partial charge in [-0.2, -0.15) is 0 Å². The molecule has 0 aliphatic rings. The van der Waals surface area contributed by atoms with Crippen LogP contribution in [0.4, 0.5) is 4.39 Å². The summed E-state index contributed by atoms with van der Waals surface area (Å²) in [7, 11) is 0. The van der Waals surface area contributed by atoms with Gasteiger partial charge < -0.3 is 5.11 Å². The highest BCUT2D eigenvalue weighted by molar-refractivity contribution is 7.16. The van der Waals surface area contributed by atoms with E-state index < -0.39 is 11.9 Å². The van der Waals surface area contributed by atoms with Gasteiger partial charge >= 0.3 is 0 Å². The summed E-state index contributed by atoms with van der Waals surface area (Å²) in [6.07, 6.45) is -0.259. The molecule has 0 aliphatic heterocycles. The van der Waals surface area contributed by atoms with Crippen LogP contribution in [-0.2, 0) is 6.42 Å². The molecule has 0 saturated heterocycles. The van der Waals surface area contributed by atoms with E-state index in [1.54, 1.807) is 18.2 Å². The zero-order valence-electron chi connectivity index (χ0n) is 8.66. The van der Waals surface area contributed by atoms with Crippen molar-refractivity contribution in [2.45, 2.75) is 12.5 Å². The van der Waals surface area contributed by atoms with E-state index in [1.807, 2.05) is 0 Å². The molecule has 2 aromatic rings. The topological polar surface area (TPSA) is 20.2 Å². The van der Waals surface area contributed by atoms with Gasteiger partial charge in [-0.15, -0.1) is 11.3 Å². The summed E-state index contributed by atoms with van der Waals surface area (Å²) >= 11 is 12.8. The van der Waals surface area contributed by atoms with E-state index in [2.05, 4.69) is 0 Å². The van der Waals surface area contributed by atoms with Crippen LogP contribution < -0.4 is 0 Å². The summed E-state index contributed by atoms with van der Waals surface area (Å²) in [5.41, 5.74) is 0.786. The second-order valence-corrected chi connectivity index (χ2v) is 5.76. The Morgan fingerprint density at radius 2 is 2.00 bits per heavy atom. The molecule has 5 heteroatoms. The second-order valence-electron chi connectivity index (χ2n) is 3.61. The molecule has 1 aromatic carbocycles. The molecule has 2 rings (SSSR count). The van der Waals surface area contributed by atoms with Gasteiger partial charge in [-0.3, -0.25) is 0 Å². The van der Waals surface area contributed by atoms with E-state index in [1.165, 1.54) is 23.5 Å². The minimum absolute atomic E-state index is 0.0684. The van der Waals surface area contributed by atoms with E-state index in [0.717, 1.165) is 10.4 Å². The molecule has 1 nitrogen and oxygen atoms in total. The summed E-state index contributed by atoms with van der Waals surface area (Å²) in [6.45, 7) is 0. The number of hydrogen-bond acceptors (Lipinski definition) is 2. The number of halogens is 3. The minimum atomic E-state index is -0.644. The Morgan fingerprint density at radius 3 is 2.59 bits per heavy atom. The first kappa shape index (κ1) is 12.8. The molecule has 1 heterocycles. The van der Waals surface area contributed by atoms with E-state index in [0.29, 0.717) is 10.8 Å². The van der Waals surface area contributed by atoms with Crippen LogP contribution >= 0.6 is 34.5 Å². The average Bonchev–Trinajstić information content (AvgIpc) is 2.70. The fraction of sp³-hybridized carbons (Fsp3) is 0.167. The van der Waals surface area contributed by atoms with Crippen molar-refractivity contribution in [3.8, 4) is 0 Å². The van der Waals surface area contributed by atoms with E-state index in [-0.39, 0.29) is 5.02 Å². The number of hydrogen-bond donors (Lipinski definition) is 1. The Balaban J connectivity index is 2.12. The van der Waals surface area contributed by atoms with Crippen LogP contribution in [0.3, 0.4) is 0 Å². The number of aliphatic hydroxyl groups is 1. The minimum Gasteiger partial charge on any atom is -0.387 e. The predicted octanol–water partition coefficient (Wildman–Crippen LogP) is 4.47. The van der Waals surface area contributed by atoms with Crippen molar-refractivity contribution in [3.63, 3.8) is 0 Å². The zero-order chi connectivity index (χ0) is 12.4. The molecule has 1 aromatic heterocycles. The fourth-order valence-electron chi connectivity index (χ4n) is 1.50. The molecule has 1 unspecified atom stereocenters. The molecular formula is C12H9Cl2FOS. The second kappa shape index (κ2) is 5.36. The predicted molar refractivity (Wildman–Crippen MR) is 69.4 cm³/mol. The molecule has 90 valence electrons. The highest BCUT2D eigenvalue weighted by Gasteiger charge is 2.12. The largest absolute Gasteiger partial charge is 0.387 e. The Morgan fingerprint density at radius 1 is 1.24 bits per heavy atom. The van der Waals surface area contributed by atoms with Crippen molar-refractivity contribution >= 4 is 34.5 Å². The van der Waals surface area contributed by atoms with Crippen LogP contribution in [0.1, 0.15) is 16.5 Å². The van der Waals surface area contributed by atoms with Crippen molar-refractivity contribution in [2.24, 2.45) is 0 Å². The van der Waals surface area contributed by atoms with Crippen molar-refractivity contribution in [3.05, 3.63) is 55.9 Å². The fourth-order valence-corrected chi connectivity index (χ4v) is 2.75. The molecule has 0 bridgehead atoms. The highest BCUT2D eigenvalue weighted by Crippen LogP contribution is 2.29. The molecule has 17 heavy (non-hydrogen) atoms. The maximum absolute atomic E-state index is 13.0. The summed E-state index contributed by atoms with van der Waals surface area (Å²) in [5.74, 6) is -0.455. The summed E-state index contributed by atoms with van der Waals surface area (Å²) in [4.78, 5) is 0.787. The maximum atomic E-state index is 13.0. The molecule has 0 saturated carbocycles. The van der Waals surface area contributed by atoms with Gasteiger partial charge in [0.15, 0.2) is 0 Å². The maximum Gasteiger partial charge on any atom is 0.141 e. The number of thiophene rings is 1. The molecule has 1 N–H and O–H groups in total. The van der Waals surface area contributed by atoms with Gasteiger partial charge in [0, 0.05) is 11.3 Å². The van der Waals surface area contributed by atoms with Gasteiger partial charge in [-0.05, 0) is 29.8 Å². The van der Waals surface area contributed by atoms with Crippen LogP contribution in [0, 0.1) is 5.82 Å². The Labute approximate surface area is 112 Å². The summed E-state index contributed by atoms with van der Waals surface area (Å²) < 4.78 is 13.6. The van der Waals surface area contributed by atoms with Gasteiger partial charge in [-0.1, -0.05) is 29.3 Å². The van der Waals surface area contributed by atoms with Gasteiger partial charge in [0.05, 0.1) is 15.5 Å². The Bertz CT molecular complexity index is 527. The first-order valence-electron chi connectivity index (χ1n) is 4.93. The third-order valence-corrected chi connectivity index (χ3v) is 3.96. The molecule has 0 amide bonds. The van der Waals surface area contributed by atoms with Crippen LogP contribution in [0.5, 0.6) is 0 Å². The third kappa shape index (κ3) is 3.19. The Hall–Kier alpha value is -0.610. The van der Waals surface area contributed by atoms with E-state index in [4.69, 9.17) is 23.2 Å². The smallest absolute Gasteiger partial charge is 0.141 e. The standard InChI is InChI=1S/C12H9Cl2FOS/c13-8-5-7(1-2-9(8)15)6-10(16)11-3-4-12(14)17-11/h1-5,10,16H,6H2. The van der Waals surface area contributed by atoms with Crippen LogP contribution in [0.15, 0.2) is 30.3 Å². The van der Waals surface area contributed by atoms with Crippen molar-refractivity contribution in [1.29, 1.82) is 0 Å². The highest BCUT2D eigenvalue weighted by atomic mass is 35.5. The molecule has 0 fully saturated rings. The van der Waals surface area contributed by atoms with Crippen LogP contribution in [0.25, 0.3) is 0 Å². The molecule has 1 atom stereocenters. The van der Waals surface area contributed by atoms with Gasteiger partial charge in [0.25, 0.3) is 0 Å². The summed E-state index contributed by atoms with van der Waals surface area (Å²) in [6, 6.07) is 7.95. The summed E-state index contributed by atoms with van der Waals surface area (Å²) in [5, 5.41) is 10.0. The normalized spacial score (nSPS) is 12.7. The zero-order valence-corrected chi connectivity index (χ0v) is 11.0. The van der Waals surface area contributed by atoms with E-state index >= 15 is 0 Å². The monoisotopic (exact) mass is 290 g/mol. The van der Waals surface area contributed by atoms with Gasteiger partial charge in [0.1, 0.15) is 5.82 Å². The molecule has 0 radical (unpaired) electrons.